The quantitative estimate of drug-likeness (QED) is 0.607. The summed E-state index contributed by atoms with van der Waals surface area (Å²) in [7, 11) is 0. The van der Waals surface area contributed by atoms with Crippen LogP contribution >= 0.6 is 0 Å². The average molecular weight is 362 g/mol. The number of nitrogens with zero attached hydrogens (tertiary/aromatic N) is 2. The van der Waals surface area contributed by atoms with Crippen molar-refractivity contribution in [3.63, 3.8) is 0 Å². The third-order valence-corrected chi connectivity index (χ3v) is 5.20. The van der Waals surface area contributed by atoms with E-state index in [0.717, 1.165) is 23.4 Å². The Morgan fingerprint density at radius 1 is 0.963 bits per heavy atom. The Balaban J connectivity index is 1.81. The van der Waals surface area contributed by atoms with Gasteiger partial charge in [-0.05, 0) is 30.5 Å². The number of hydrogen-bond donors (Lipinski definition) is 0. The fraction of sp³-hybridized carbons (Fsp3) is 0.238. The zero-order chi connectivity index (χ0) is 19.0. The van der Waals surface area contributed by atoms with Crippen molar-refractivity contribution in [3.05, 3.63) is 81.5 Å². The van der Waals surface area contributed by atoms with Gasteiger partial charge in [0.05, 0.1) is 4.92 Å². The first-order valence-corrected chi connectivity index (χ1v) is 8.95. The Kier molecular flexibility index (Phi) is 4.32. The highest BCUT2D eigenvalue weighted by Crippen LogP contribution is 2.43. The van der Waals surface area contributed by atoms with Crippen LogP contribution in [-0.4, -0.2) is 16.6 Å². The lowest BCUT2D eigenvalue weighted by Crippen LogP contribution is -2.40. The van der Waals surface area contributed by atoms with E-state index in [9.17, 15) is 19.7 Å². The molecule has 4 rings (SSSR count). The zero-order valence-electron chi connectivity index (χ0n) is 14.6. The maximum Gasteiger partial charge on any atom is 0.269 e. The molecule has 0 saturated heterocycles. The van der Waals surface area contributed by atoms with E-state index in [-0.39, 0.29) is 29.7 Å². The zero-order valence-corrected chi connectivity index (χ0v) is 14.6. The molecule has 27 heavy (non-hydrogen) atoms. The summed E-state index contributed by atoms with van der Waals surface area (Å²) >= 11 is 0. The molecule has 136 valence electrons. The molecule has 1 heterocycles. The SMILES string of the molecule is O=C1CCCC2=C1[C@H](c1ccc([N+](=O)[O-])cc1)CC(=O)N2c1ccccc1. The van der Waals surface area contributed by atoms with Crippen LogP contribution in [-0.2, 0) is 9.59 Å². The number of rotatable bonds is 3. The number of Topliss-reactive ketones (excluding diaryl/α,β-unsaturated/α-hetero) is 1. The minimum absolute atomic E-state index is 0.00373. The maximum absolute atomic E-state index is 13.0. The topological polar surface area (TPSA) is 80.5 Å². The Bertz CT molecular complexity index is 948. The summed E-state index contributed by atoms with van der Waals surface area (Å²) in [4.78, 5) is 37.9. The van der Waals surface area contributed by atoms with E-state index in [4.69, 9.17) is 0 Å². The smallest absolute Gasteiger partial charge is 0.269 e. The second-order valence-corrected chi connectivity index (χ2v) is 6.81. The number of amides is 1. The van der Waals surface area contributed by atoms with Crippen LogP contribution in [0.1, 0.15) is 37.2 Å². The number of nitro benzene ring substituents is 1. The number of carbonyl (C=O) groups is 2. The lowest BCUT2D eigenvalue weighted by atomic mass is 9.77. The van der Waals surface area contributed by atoms with Gasteiger partial charge in [0.1, 0.15) is 0 Å². The number of ketones is 1. The van der Waals surface area contributed by atoms with Gasteiger partial charge in [0, 0.05) is 47.8 Å². The Hall–Kier alpha value is -3.28. The van der Waals surface area contributed by atoms with Gasteiger partial charge in [-0.2, -0.15) is 0 Å². The summed E-state index contributed by atoms with van der Waals surface area (Å²) in [6.45, 7) is 0. The highest BCUT2D eigenvalue weighted by atomic mass is 16.6. The predicted molar refractivity (Wildman–Crippen MR) is 100 cm³/mol. The van der Waals surface area contributed by atoms with Gasteiger partial charge in [-0.15, -0.1) is 0 Å². The summed E-state index contributed by atoms with van der Waals surface area (Å²) in [6, 6.07) is 15.5. The molecule has 0 unspecified atom stereocenters. The minimum Gasteiger partial charge on any atom is -0.294 e. The standard InChI is InChI=1S/C21H18N2O4/c24-19-8-4-7-18-21(19)17(14-9-11-16(12-10-14)23(26)27)13-20(25)22(18)15-5-2-1-3-6-15/h1-3,5-6,9-12,17H,4,7-8,13H2/t17-/m0/s1. The molecule has 0 aromatic heterocycles. The van der Waals surface area contributed by atoms with Gasteiger partial charge in [-0.25, -0.2) is 0 Å². The van der Waals surface area contributed by atoms with Crippen molar-refractivity contribution in [1.29, 1.82) is 0 Å². The highest BCUT2D eigenvalue weighted by Gasteiger charge is 2.39. The van der Waals surface area contributed by atoms with Gasteiger partial charge in [-0.3, -0.25) is 24.6 Å². The number of non-ortho nitro benzene ring substituents is 1. The minimum atomic E-state index is -0.455. The molecular weight excluding hydrogens is 344 g/mol. The van der Waals surface area contributed by atoms with E-state index in [1.165, 1.54) is 12.1 Å². The van der Waals surface area contributed by atoms with Crippen molar-refractivity contribution in [1.82, 2.24) is 0 Å². The first-order chi connectivity index (χ1) is 13.1. The van der Waals surface area contributed by atoms with Crippen molar-refractivity contribution in [2.45, 2.75) is 31.6 Å². The number of carbonyl (C=O) groups excluding carboxylic acids is 2. The molecule has 1 aliphatic carbocycles. The van der Waals surface area contributed by atoms with E-state index in [2.05, 4.69) is 0 Å². The summed E-state index contributed by atoms with van der Waals surface area (Å²) in [5.41, 5.74) is 2.99. The van der Waals surface area contributed by atoms with E-state index in [0.29, 0.717) is 18.4 Å². The van der Waals surface area contributed by atoms with E-state index in [1.54, 1.807) is 17.0 Å². The number of benzene rings is 2. The third kappa shape index (κ3) is 3.03. The fourth-order valence-electron chi connectivity index (χ4n) is 3.98. The highest BCUT2D eigenvalue weighted by molar-refractivity contribution is 6.07. The van der Waals surface area contributed by atoms with Crippen molar-refractivity contribution in [2.24, 2.45) is 0 Å². The molecule has 2 aliphatic rings. The number of nitro groups is 1. The first kappa shape index (κ1) is 17.1. The molecule has 0 fully saturated rings. The van der Waals surface area contributed by atoms with Crippen molar-refractivity contribution < 1.29 is 14.5 Å². The lowest BCUT2D eigenvalue weighted by Gasteiger charge is -2.38. The fourth-order valence-corrected chi connectivity index (χ4v) is 3.98. The molecule has 0 saturated carbocycles. The summed E-state index contributed by atoms with van der Waals surface area (Å²) in [6.07, 6.45) is 2.04. The second kappa shape index (κ2) is 6.79. The van der Waals surface area contributed by atoms with Crippen LogP contribution in [0.3, 0.4) is 0 Å². The molecule has 1 amide bonds. The molecule has 6 nitrogen and oxygen atoms in total. The maximum atomic E-state index is 13.0. The molecule has 2 aromatic rings. The van der Waals surface area contributed by atoms with Gasteiger partial charge < -0.3 is 0 Å². The molecule has 0 N–H and O–H groups in total. The van der Waals surface area contributed by atoms with Gasteiger partial charge in [0.25, 0.3) is 5.69 Å². The number of para-hydroxylation sites is 1. The second-order valence-electron chi connectivity index (χ2n) is 6.81. The summed E-state index contributed by atoms with van der Waals surface area (Å²) < 4.78 is 0. The van der Waals surface area contributed by atoms with Gasteiger partial charge in [-0.1, -0.05) is 30.3 Å². The van der Waals surface area contributed by atoms with Gasteiger partial charge in [0.15, 0.2) is 5.78 Å². The molecular formula is C21H18N2O4. The summed E-state index contributed by atoms with van der Waals surface area (Å²) in [5.74, 6) is -0.341. The summed E-state index contributed by atoms with van der Waals surface area (Å²) in [5, 5.41) is 10.9. The van der Waals surface area contributed by atoms with Crippen LogP contribution in [0, 0.1) is 10.1 Å². The van der Waals surface area contributed by atoms with E-state index >= 15 is 0 Å². The van der Waals surface area contributed by atoms with E-state index < -0.39 is 4.92 Å². The Morgan fingerprint density at radius 3 is 2.33 bits per heavy atom. The molecule has 0 spiro atoms. The van der Waals surface area contributed by atoms with Crippen LogP contribution in [0.15, 0.2) is 65.9 Å². The van der Waals surface area contributed by atoms with Crippen LogP contribution in [0.5, 0.6) is 0 Å². The Morgan fingerprint density at radius 2 is 1.67 bits per heavy atom. The van der Waals surface area contributed by atoms with Crippen LogP contribution in [0.4, 0.5) is 11.4 Å². The normalized spacial score (nSPS) is 19.9. The number of anilines is 1. The Labute approximate surface area is 156 Å². The van der Waals surface area contributed by atoms with Gasteiger partial charge >= 0.3 is 0 Å². The molecule has 1 aliphatic heterocycles. The molecule has 2 aromatic carbocycles. The van der Waals surface area contributed by atoms with Crippen molar-refractivity contribution in [3.8, 4) is 0 Å². The average Bonchev–Trinajstić information content (AvgIpc) is 2.68. The predicted octanol–water partition coefficient (Wildman–Crippen LogP) is 4.12. The monoisotopic (exact) mass is 362 g/mol. The third-order valence-electron chi connectivity index (χ3n) is 5.20. The van der Waals surface area contributed by atoms with Crippen molar-refractivity contribution in [2.75, 3.05) is 4.90 Å². The van der Waals surface area contributed by atoms with Gasteiger partial charge in [0.2, 0.25) is 5.91 Å². The van der Waals surface area contributed by atoms with Crippen LogP contribution in [0.2, 0.25) is 0 Å². The largest absolute Gasteiger partial charge is 0.294 e. The molecule has 1 atom stereocenters. The molecule has 0 bridgehead atoms. The lowest BCUT2D eigenvalue weighted by molar-refractivity contribution is -0.384. The van der Waals surface area contributed by atoms with E-state index in [1.807, 2.05) is 30.3 Å². The number of hydrogen-bond acceptors (Lipinski definition) is 4. The number of allylic oxidation sites excluding steroid dienone is 2. The van der Waals surface area contributed by atoms with Crippen LogP contribution < -0.4 is 4.90 Å². The van der Waals surface area contributed by atoms with Crippen LogP contribution in [0.25, 0.3) is 0 Å². The van der Waals surface area contributed by atoms with Crippen molar-refractivity contribution >= 4 is 23.1 Å². The molecule has 0 radical (unpaired) electrons. The molecule has 6 heteroatoms. The first-order valence-electron chi connectivity index (χ1n) is 8.95.